The smallest absolute Gasteiger partial charge is 0.170 e. The monoisotopic (exact) mass is 509 g/mol. The molecule has 1 aliphatic heterocycles. The van der Waals surface area contributed by atoms with Crippen molar-refractivity contribution in [3.8, 4) is 5.69 Å². The van der Waals surface area contributed by atoms with Crippen LogP contribution in [0.4, 0.5) is 5.69 Å². The third-order valence-corrected chi connectivity index (χ3v) is 7.83. The molecule has 4 aromatic rings. The van der Waals surface area contributed by atoms with Crippen molar-refractivity contribution in [3.63, 3.8) is 0 Å². The van der Waals surface area contributed by atoms with Gasteiger partial charge in [0.15, 0.2) is 5.11 Å². The Hall–Kier alpha value is -3.64. The van der Waals surface area contributed by atoms with Crippen LogP contribution in [0.3, 0.4) is 0 Å². The lowest BCUT2D eigenvalue weighted by atomic mass is 9.96. The number of para-hydroxylation sites is 1. The van der Waals surface area contributed by atoms with Gasteiger partial charge in [0, 0.05) is 42.0 Å². The Labute approximate surface area is 225 Å². The largest absolute Gasteiger partial charge is 0.385 e. The maximum Gasteiger partial charge on any atom is 0.170 e. The molecule has 2 N–H and O–H groups in total. The van der Waals surface area contributed by atoms with Crippen molar-refractivity contribution in [2.24, 2.45) is 0 Å². The van der Waals surface area contributed by atoms with Crippen LogP contribution in [-0.2, 0) is 0 Å². The number of hydrogen-bond acceptors (Lipinski definition) is 3. The molecule has 1 fully saturated rings. The topological polar surface area (TPSA) is 45.1 Å². The highest BCUT2D eigenvalue weighted by molar-refractivity contribution is 7.80. The van der Waals surface area contributed by atoms with Gasteiger partial charge < -0.3 is 20.1 Å². The third-order valence-electron chi connectivity index (χ3n) is 7.48. The van der Waals surface area contributed by atoms with Crippen LogP contribution in [0, 0.1) is 27.7 Å². The molecule has 0 radical (unpaired) electrons. The zero-order chi connectivity index (χ0) is 25.9. The Kier molecular flexibility index (Phi) is 7.28. The zero-order valence-corrected chi connectivity index (χ0v) is 22.8. The number of aryl methyl sites for hydroxylation is 2. The molecule has 5 nitrogen and oxygen atoms in total. The fourth-order valence-corrected chi connectivity index (χ4v) is 5.79. The highest BCUT2D eigenvalue weighted by Gasteiger charge is 2.41. The van der Waals surface area contributed by atoms with Crippen LogP contribution in [0.1, 0.15) is 52.3 Å². The molecule has 0 unspecified atom stereocenters. The summed E-state index contributed by atoms with van der Waals surface area (Å²) in [7, 11) is 0. The minimum atomic E-state index is -0.0108. The quantitative estimate of drug-likeness (QED) is 0.207. The number of nitrogens with zero attached hydrogens (tertiary/aromatic N) is 3. The number of rotatable bonds is 8. The van der Waals surface area contributed by atoms with Crippen molar-refractivity contribution in [3.05, 3.63) is 113 Å². The standard InChI is InChI=1S/C31H35N5S/c1-21-12-10-16-28(23(21)3)36-22(2)20-26(24(36)4)30-29(27-15-8-9-17-33-27)34-31(37)35(30)19-11-18-32-25-13-6-5-7-14-25/h5-10,12-17,20,29-30,32H,11,18-19H2,1-4H3,(H,34,37)/t29-,30+/m0/s1. The zero-order valence-electron chi connectivity index (χ0n) is 22.0. The molecular formula is C31H35N5S. The number of nitrogens with one attached hydrogen (secondary N) is 2. The van der Waals surface area contributed by atoms with E-state index < -0.39 is 0 Å². The second-order valence-corrected chi connectivity index (χ2v) is 10.2. The molecule has 37 heavy (non-hydrogen) atoms. The summed E-state index contributed by atoms with van der Waals surface area (Å²) in [6.07, 6.45) is 2.83. The Morgan fingerprint density at radius 2 is 1.73 bits per heavy atom. The molecule has 3 heterocycles. The lowest BCUT2D eigenvalue weighted by Gasteiger charge is -2.28. The molecule has 1 aliphatic rings. The maximum absolute atomic E-state index is 5.91. The van der Waals surface area contributed by atoms with E-state index in [2.05, 4.69) is 108 Å². The summed E-state index contributed by atoms with van der Waals surface area (Å²) in [6, 6.07) is 25.4. The van der Waals surface area contributed by atoms with Gasteiger partial charge in [0.25, 0.3) is 0 Å². The van der Waals surface area contributed by atoms with Crippen LogP contribution in [0.15, 0.2) is 79.0 Å². The predicted molar refractivity (Wildman–Crippen MR) is 156 cm³/mol. The van der Waals surface area contributed by atoms with Gasteiger partial charge in [0.2, 0.25) is 0 Å². The summed E-state index contributed by atoms with van der Waals surface area (Å²) < 4.78 is 2.39. The molecule has 5 rings (SSSR count). The minimum Gasteiger partial charge on any atom is -0.385 e. The summed E-state index contributed by atoms with van der Waals surface area (Å²) >= 11 is 5.91. The molecular weight excluding hydrogens is 474 g/mol. The molecule has 1 saturated heterocycles. The van der Waals surface area contributed by atoms with Gasteiger partial charge in [-0.3, -0.25) is 4.98 Å². The second-order valence-electron chi connectivity index (χ2n) is 9.85. The molecule has 2 aromatic carbocycles. The van der Waals surface area contributed by atoms with Gasteiger partial charge in [-0.2, -0.15) is 0 Å². The summed E-state index contributed by atoms with van der Waals surface area (Å²) in [6.45, 7) is 10.5. The van der Waals surface area contributed by atoms with E-state index >= 15 is 0 Å². The second kappa shape index (κ2) is 10.8. The first-order chi connectivity index (χ1) is 18.0. The van der Waals surface area contributed by atoms with E-state index in [1.807, 2.05) is 18.3 Å². The highest BCUT2D eigenvalue weighted by Crippen LogP contribution is 2.41. The molecule has 0 bridgehead atoms. The molecule has 0 amide bonds. The highest BCUT2D eigenvalue weighted by atomic mass is 32.1. The van der Waals surface area contributed by atoms with Crippen molar-refractivity contribution in [2.75, 3.05) is 18.4 Å². The average Bonchev–Trinajstić information content (AvgIpc) is 3.39. The lowest BCUT2D eigenvalue weighted by Crippen LogP contribution is -2.31. The number of aromatic nitrogens is 2. The van der Waals surface area contributed by atoms with E-state index in [0.29, 0.717) is 0 Å². The minimum absolute atomic E-state index is 0.0108. The van der Waals surface area contributed by atoms with Crippen LogP contribution < -0.4 is 10.6 Å². The van der Waals surface area contributed by atoms with E-state index in [1.54, 1.807) is 0 Å². The van der Waals surface area contributed by atoms with Crippen molar-refractivity contribution in [2.45, 2.75) is 46.2 Å². The van der Waals surface area contributed by atoms with Crippen LogP contribution in [-0.4, -0.2) is 32.7 Å². The molecule has 0 aliphatic carbocycles. The fourth-order valence-electron chi connectivity index (χ4n) is 5.46. The van der Waals surface area contributed by atoms with Gasteiger partial charge in [-0.05, 0) is 99.4 Å². The van der Waals surface area contributed by atoms with E-state index in [1.165, 1.54) is 33.8 Å². The molecule has 0 saturated carbocycles. The first-order valence-corrected chi connectivity index (χ1v) is 13.4. The van der Waals surface area contributed by atoms with Crippen molar-refractivity contribution in [1.82, 2.24) is 19.8 Å². The van der Waals surface area contributed by atoms with Gasteiger partial charge >= 0.3 is 0 Å². The van der Waals surface area contributed by atoms with Crippen molar-refractivity contribution >= 4 is 23.0 Å². The number of pyridine rings is 1. The van der Waals surface area contributed by atoms with Gasteiger partial charge in [-0.25, -0.2) is 0 Å². The lowest BCUT2D eigenvalue weighted by molar-refractivity contribution is 0.315. The summed E-state index contributed by atoms with van der Waals surface area (Å²) in [4.78, 5) is 7.07. The van der Waals surface area contributed by atoms with Crippen molar-refractivity contribution < 1.29 is 0 Å². The molecule has 2 aromatic heterocycles. The Morgan fingerprint density at radius 1 is 0.946 bits per heavy atom. The van der Waals surface area contributed by atoms with Crippen LogP contribution in [0.25, 0.3) is 5.69 Å². The molecule has 190 valence electrons. The summed E-state index contributed by atoms with van der Waals surface area (Å²) in [5.74, 6) is 0. The summed E-state index contributed by atoms with van der Waals surface area (Å²) in [5, 5.41) is 7.93. The number of anilines is 1. The van der Waals surface area contributed by atoms with Crippen LogP contribution in [0.2, 0.25) is 0 Å². The van der Waals surface area contributed by atoms with Crippen LogP contribution in [0.5, 0.6) is 0 Å². The van der Waals surface area contributed by atoms with Gasteiger partial charge in [0.05, 0.1) is 17.8 Å². The first-order valence-electron chi connectivity index (χ1n) is 13.0. The molecule has 2 atom stereocenters. The SMILES string of the molecule is Cc1cccc(-n2c(C)cc([C@@H]3[C@H](c4ccccn4)NC(=S)N3CCCNc3ccccc3)c2C)c1C. The molecule has 0 spiro atoms. The Bertz CT molecular complexity index is 1380. The number of thiocarbonyl (C=S) groups is 1. The first kappa shape index (κ1) is 25.0. The van der Waals surface area contributed by atoms with Gasteiger partial charge in [-0.15, -0.1) is 0 Å². The number of hydrogen-bond donors (Lipinski definition) is 2. The van der Waals surface area contributed by atoms with E-state index in [0.717, 1.165) is 36.0 Å². The third kappa shape index (κ3) is 4.98. The van der Waals surface area contributed by atoms with Gasteiger partial charge in [0.1, 0.15) is 0 Å². The Morgan fingerprint density at radius 3 is 2.49 bits per heavy atom. The maximum atomic E-state index is 5.91. The summed E-state index contributed by atoms with van der Waals surface area (Å²) in [5.41, 5.74) is 9.76. The Balaban J connectivity index is 1.48. The fraction of sp³-hybridized carbons (Fsp3) is 0.290. The average molecular weight is 510 g/mol. The van der Waals surface area contributed by atoms with E-state index in [4.69, 9.17) is 17.2 Å². The van der Waals surface area contributed by atoms with E-state index in [9.17, 15) is 0 Å². The van der Waals surface area contributed by atoms with Crippen LogP contribution >= 0.6 is 12.2 Å². The van der Waals surface area contributed by atoms with Gasteiger partial charge in [-0.1, -0.05) is 36.4 Å². The molecule has 6 heteroatoms. The van der Waals surface area contributed by atoms with Crippen molar-refractivity contribution in [1.29, 1.82) is 0 Å². The number of benzene rings is 2. The predicted octanol–water partition coefficient (Wildman–Crippen LogP) is 6.58. The van der Waals surface area contributed by atoms with E-state index in [-0.39, 0.29) is 12.1 Å². The normalized spacial score (nSPS) is 17.2.